The Labute approximate surface area is 210 Å². The molecule has 35 heavy (non-hydrogen) atoms. The fourth-order valence-electron chi connectivity index (χ4n) is 4.68. The lowest BCUT2D eigenvalue weighted by Gasteiger charge is -2.26. The fraction of sp³-hybridized carbons (Fsp3) is 0.621. The summed E-state index contributed by atoms with van der Waals surface area (Å²) in [6.45, 7) is 8.21. The van der Waals surface area contributed by atoms with Crippen molar-refractivity contribution in [1.29, 1.82) is 0 Å². The number of unbranched alkanes of at least 4 members (excludes halogenated alkanes) is 1. The van der Waals surface area contributed by atoms with Gasteiger partial charge in [-0.1, -0.05) is 43.7 Å². The minimum atomic E-state index is -0.476. The molecule has 1 fully saturated rings. The van der Waals surface area contributed by atoms with Crippen LogP contribution < -0.4 is 0 Å². The van der Waals surface area contributed by atoms with E-state index in [1.54, 1.807) is 0 Å². The Morgan fingerprint density at radius 3 is 2.49 bits per heavy atom. The molecule has 0 bridgehead atoms. The number of carbonyl (C=O) groups excluding carboxylic acids is 2. The van der Waals surface area contributed by atoms with Crippen molar-refractivity contribution in [1.82, 2.24) is 9.55 Å². The molecule has 6 nitrogen and oxygen atoms in total. The van der Waals surface area contributed by atoms with Crippen molar-refractivity contribution in [3.63, 3.8) is 0 Å². The van der Waals surface area contributed by atoms with Crippen molar-refractivity contribution in [3.8, 4) is 0 Å². The Bertz CT molecular complexity index is 924. The van der Waals surface area contributed by atoms with Gasteiger partial charge in [0.2, 0.25) is 0 Å². The Morgan fingerprint density at radius 1 is 1.09 bits per heavy atom. The predicted molar refractivity (Wildman–Crippen MR) is 137 cm³/mol. The van der Waals surface area contributed by atoms with Crippen LogP contribution in [-0.4, -0.2) is 27.1 Å². The normalized spacial score (nSPS) is 19.2. The number of aromatic nitrogens is 2. The molecule has 3 rings (SSSR count). The van der Waals surface area contributed by atoms with E-state index in [2.05, 4.69) is 22.7 Å². The van der Waals surface area contributed by atoms with Gasteiger partial charge in [-0.2, -0.15) is 0 Å². The highest BCUT2D eigenvalue weighted by atomic mass is 16.6. The molecule has 1 heterocycles. The summed E-state index contributed by atoms with van der Waals surface area (Å²) in [5, 5.41) is 0. The van der Waals surface area contributed by atoms with Crippen LogP contribution in [0.4, 0.5) is 0 Å². The number of imidazole rings is 1. The molecule has 0 radical (unpaired) electrons. The van der Waals surface area contributed by atoms with Crippen LogP contribution in [0.1, 0.15) is 96.4 Å². The highest BCUT2D eigenvalue weighted by Gasteiger charge is 2.24. The number of carbonyl (C=O) groups is 2. The van der Waals surface area contributed by atoms with E-state index < -0.39 is 5.60 Å². The summed E-state index contributed by atoms with van der Waals surface area (Å²) in [5.41, 5.74) is 1.42. The summed E-state index contributed by atoms with van der Waals surface area (Å²) >= 11 is 0. The highest BCUT2D eigenvalue weighted by molar-refractivity contribution is 5.73. The standard InChI is InChI=1S/C29H42N2O4/c1-22-14-16-26(17-15-22)31-19-25(30-21-31)18-24(12-8-9-13-27(32)35-29(2,3)4)28(33)34-20-23-10-6-5-7-11-23/h5-7,10-11,19,21-22,24,26H,8-9,12-18,20H2,1-4H3. The second-order valence-electron chi connectivity index (χ2n) is 11.1. The number of rotatable bonds is 11. The maximum absolute atomic E-state index is 13.0. The lowest BCUT2D eigenvalue weighted by atomic mass is 9.87. The smallest absolute Gasteiger partial charge is 0.309 e. The van der Waals surface area contributed by atoms with E-state index in [1.165, 1.54) is 25.7 Å². The van der Waals surface area contributed by atoms with Crippen LogP contribution in [0, 0.1) is 11.8 Å². The summed E-state index contributed by atoms with van der Waals surface area (Å²) < 4.78 is 13.3. The summed E-state index contributed by atoms with van der Waals surface area (Å²) in [5.74, 6) is 0.124. The van der Waals surface area contributed by atoms with E-state index in [-0.39, 0.29) is 24.5 Å². The van der Waals surface area contributed by atoms with Crippen LogP contribution in [0.2, 0.25) is 0 Å². The summed E-state index contributed by atoms with van der Waals surface area (Å²) in [7, 11) is 0. The fourth-order valence-corrected chi connectivity index (χ4v) is 4.68. The molecule has 1 aromatic carbocycles. The number of nitrogens with zero attached hydrogens (tertiary/aromatic N) is 2. The molecule has 0 amide bonds. The van der Waals surface area contributed by atoms with Gasteiger partial charge in [0.05, 0.1) is 17.9 Å². The zero-order valence-electron chi connectivity index (χ0n) is 21.9. The average molecular weight is 483 g/mol. The first-order valence-corrected chi connectivity index (χ1v) is 13.1. The van der Waals surface area contributed by atoms with E-state index in [1.807, 2.05) is 57.4 Å². The molecular weight excluding hydrogens is 440 g/mol. The first kappa shape index (κ1) is 27.0. The molecule has 1 aromatic heterocycles. The van der Waals surface area contributed by atoms with Crippen molar-refractivity contribution in [2.24, 2.45) is 11.8 Å². The van der Waals surface area contributed by atoms with Crippen LogP contribution in [0.3, 0.4) is 0 Å². The number of benzene rings is 1. The third-order valence-corrected chi connectivity index (χ3v) is 6.68. The molecular formula is C29H42N2O4. The van der Waals surface area contributed by atoms with Crippen molar-refractivity contribution in [3.05, 3.63) is 54.1 Å². The first-order chi connectivity index (χ1) is 16.7. The van der Waals surface area contributed by atoms with Gasteiger partial charge in [0.15, 0.2) is 0 Å². The van der Waals surface area contributed by atoms with Crippen LogP contribution in [0.5, 0.6) is 0 Å². The molecule has 1 atom stereocenters. The zero-order valence-corrected chi connectivity index (χ0v) is 21.9. The number of hydrogen-bond acceptors (Lipinski definition) is 5. The van der Waals surface area contributed by atoms with Crippen LogP contribution in [0.25, 0.3) is 0 Å². The van der Waals surface area contributed by atoms with Gasteiger partial charge in [-0.25, -0.2) is 4.98 Å². The highest BCUT2D eigenvalue weighted by Crippen LogP contribution is 2.32. The second kappa shape index (κ2) is 12.9. The maximum atomic E-state index is 13.0. The Kier molecular flexibility index (Phi) is 9.93. The van der Waals surface area contributed by atoms with E-state index >= 15 is 0 Å². The topological polar surface area (TPSA) is 70.4 Å². The second-order valence-corrected chi connectivity index (χ2v) is 11.1. The zero-order chi connectivity index (χ0) is 25.3. The lowest BCUT2D eigenvalue weighted by molar-refractivity contribution is -0.154. The summed E-state index contributed by atoms with van der Waals surface area (Å²) in [6, 6.07) is 10.2. The van der Waals surface area contributed by atoms with Crippen molar-refractivity contribution < 1.29 is 19.1 Å². The minimum absolute atomic E-state index is 0.193. The average Bonchev–Trinajstić information content (AvgIpc) is 3.28. The molecule has 2 aromatic rings. The van der Waals surface area contributed by atoms with Crippen molar-refractivity contribution >= 4 is 11.9 Å². The van der Waals surface area contributed by atoms with Crippen molar-refractivity contribution in [2.45, 2.75) is 104 Å². The Morgan fingerprint density at radius 2 is 1.80 bits per heavy atom. The Hall–Kier alpha value is -2.63. The summed E-state index contributed by atoms with van der Waals surface area (Å²) in [6.07, 6.45) is 11.9. The predicted octanol–water partition coefficient (Wildman–Crippen LogP) is 6.44. The first-order valence-electron chi connectivity index (χ1n) is 13.1. The van der Waals surface area contributed by atoms with E-state index in [9.17, 15) is 9.59 Å². The molecule has 0 saturated heterocycles. The SMILES string of the molecule is CC1CCC(n2cnc(CC(CCCCC(=O)OC(C)(C)C)C(=O)OCc3ccccc3)c2)CC1. The summed E-state index contributed by atoms with van der Waals surface area (Å²) in [4.78, 5) is 29.7. The molecule has 1 aliphatic rings. The quantitative estimate of drug-likeness (QED) is 0.272. The molecule has 0 spiro atoms. The minimum Gasteiger partial charge on any atom is -0.461 e. The van der Waals surface area contributed by atoms with Gasteiger partial charge in [0, 0.05) is 25.1 Å². The molecule has 1 unspecified atom stereocenters. The van der Waals surface area contributed by atoms with E-state index in [0.29, 0.717) is 31.7 Å². The van der Waals surface area contributed by atoms with Gasteiger partial charge in [-0.15, -0.1) is 0 Å². The van der Waals surface area contributed by atoms with Gasteiger partial charge in [-0.3, -0.25) is 9.59 Å². The van der Waals surface area contributed by atoms with E-state index in [4.69, 9.17) is 9.47 Å². The van der Waals surface area contributed by atoms with E-state index in [0.717, 1.165) is 23.6 Å². The third kappa shape index (κ3) is 9.50. The number of esters is 2. The lowest BCUT2D eigenvalue weighted by Crippen LogP contribution is -2.24. The van der Waals surface area contributed by atoms with Gasteiger partial charge < -0.3 is 14.0 Å². The monoisotopic (exact) mass is 482 g/mol. The molecule has 1 saturated carbocycles. The van der Waals surface area contributed by atoms with Crippen LogP contribution in [0.15, 0.2) is 42.9 Å². The number of ether oxygens (including phenoxy) is 2. The molecule has 0 aliphatic heterocycles. The van der Waals surface area contributed by atoms with Gasteiger partial charge >= 0.3 is 11.9 Å². The van der Waals surface area contributed by atoms with Crippen molar-refractivity contribution in [2.75, 3.05) is 0 Å². The van der Waals surface area contributed by atoms with Gasteiger partial charge in [0.1, 0.15) is 12.2 Å². The molecule has 192 valence electrons. The van der Waals surface area contributed by atoms with Gasteiger partial charge in [0.25, 0.3) is 0 Å². The molecule has 6 heteroatoms. The number of hydrogen-bond donors (Lipinski definition) is 0. The van der Waals surface area contributed by atoms with Crippen LogP contribution >= 0.6 is 0 Å². The third-order valence-electron chi connectivity index (χ3n) is 6.68. The Balaban J connectivity index is 1.56. The maximum Gasteiger partial charge on any atom is 0.309 e. The van der Waals surface area contributed by atoms with Crippen LogP contribution in [-0.2, 0) is 32.1 Å². The largest absolute Gasteiger partial charge is 0.461 e. The van der Waals surface area contributed by atoms with Gasteiger partial charge in [-0.05, 0) is 70.8 Å². The molecule has 1 aliphatic carbocycles. The molecule has 0 N–H and O–H groups in total.